The first-order valence-corrected chi connectivity index (χ1v) is 12.4. The fourth-order valence-corrected chi connectivity index (χ4v) is 6.04. The molecule has 2 heterocycles. The van der Waals surface area contributed by atoms with Crippen molar-refractivity contribution in [3.8, 4) is 0 Å². The number of anilines is 2. The predicted molar refractivity (Wildman–Crippen MR) is 133 cm³/mol. The monoisotopic (exact) mass is 488 g/mol. The number of hydrogen-bond acceptors (Lipinski definition) is 6. The van der Waals surface area contributed by atoms with Gasteiger partial charge < -0.3 is 10.1 Å². The van der Waals surface area contributed by atoms with Crippen molar-refractivity contribution in [2.24, 2.45) is 5.92 Å². The Kier molecular flexibility index (Phi) is 5.98. The highest BCUT2D eigenvalue weighted by atomic mass is 32.1. The molecule has 0 saturated carbocycles. The number of benzene rings is 2. The third-order valence-electron chi connectivity index (χ3n) is 6.38. The molecule has 35 heavy (non-hydrogen) atoms. The Bertz CT molecular complexity index is 1340. The van der Waals surface area contributed by atoms with E-state index >= 15 is 0 Å². The predicted octanol–water partition coefficient (Wildman–Crippen LogP) is 5.10. The zero-order valence-corrected chi connectivity index (χ0v) is 20.2. The van der Waals surface area contributed by atoms with Gasteiger partial charge in [-0.3, -0.25) is 14.4 Å². The molecule has 7 nitrogen and oxygen atoms in total. The molecule has 178 valence electrons. The molecular weight excluding hydrogens is 464 g/mol. The summed E-state index contributed by atoms with van der Waals surface area (Å²) in [5, 5.41) is 3.36. The quantitative estimate of drug-likeness (QED) is 0.398. The summed E-state index contributed by atoms with van der Waals surface area (Å²) in [6.07, 6.45) is 2.61. The number of nitrogens with one attached hydrogen (secondary N) is 1. The number of carbonyl (C=O) groups is 4. The van der Waals surface area contributed by atoms with E-state index in [1.807, 2.05) is 0 Å². The van der Waals surface area contributed by atoms with Gasteiger partial charge in [-0.05, 0) is 68.0 Å². The molecule has 2 aromatic carbocycles. The Morgan fingerprint density at radius 1 is 1.09 bits per heavy atom. The van der Waals surface area contributed by atoms with E-state index in [1.165, 1.54) is 17.4 Å². The third kappa shape index (κ3) is 4.04. The number of fused-ring (bicyclic) bond motifs is 2. The number of amides is 3. The first-order valence-electron chi connectivity index (χ1n) is 11.6. The number of esters is 1. The first kappa shape index (κ1) is 23.0. The maximum atomic E-state index is 13.2. The molecule has 8 heteroatoms. The van der Waals surface area contributed by atoms with Crippen molar-refractivity contribution in [2.75, 3.05) is 16.8 Å². The number of hydrogen-bond donors (Lipinski definition) is 1. The van der Waals surface area contributed by atoms with Crippen LogP contribution in [0.5, 0.6) is 0 Å². The summed E-state index contributed by atoms with van der Waals surface area (Å²) in [5.41, 5.74) is 2.65. The summed E-state index contributed by atoms with van der Waals surface area (Å²) < 4.78 is 5.28. The van der Waals surface area contributed by atoms with E-state index in [1.54, 1.807) is 49.4 Å². The van der Waals surface area contributed by atoms with Gasteiger partial charge in [0.15, 0.2) is 0 Å². The van der Waals surface area contributed by atoms with Crippen LogP contribution in [0.4, 0.5) is 10.7 Å². The standard InChI is InChI=1S/C27H24N2O5S/c1-3-34-27(33)22-20-12-11-15(2)13-21(20)35-24(22)28-23(30)16-7-6-8-17(14-16)29-25(31)18-9-4-5-10-19(18)26(29)32/h4-10,14-15H,3,11-13H2,1-2H3,(H,28,30). The van der Waals surface area contributed by atoms with Crippen LogP contribution in [-0.2, 0) is 17.6 Å². The van der Waals surface area contributed by atoms with Gasteiger partial charge in [0.1, 0.15) is 5.00 Å². The number of nitrogens with zero attached hydrogens (tertiary/aromatic N) is 1. The van der Waals surface area contributed by atoms with Gasteiger partial charge in [-0.1, -0.05) is 25.1 Å². The Balaban J connectivity index is 1.44. The average Bonchev–Trinajstić information content (AvgIpc) is 3.33. The highest BCUT2D eigenvalue weighted by molar-refractivity contribution is 7.17. The van der Waals surface area contributed by atoms with Gasteiger partial charge >= 0.3 is 5.97 Å². The molecule has 1 atom stereocenters. The summed E-state index contributed by atoms with van der Waals surface area (Å²) in [7, 11) is 0. The Labute approximate surface area is 206 Å². The van der Waals surface area contributed by atoms with Crippen LogP contribution in [0.1, 0.15) is 72.1 Å². The van der Waals surface area contributed by atoms with E-state index in [0.29, 0.717) is 33.3 Å². The molecule has 1 aromatic heterocycles. The second-order valence-electron chi connectivity index (χ2n) is 8.77. The maximum Gasteiger partial charge on any atom is 0.341 e. The highest BCUT2D eigenvalue weighted by Crippen LogP contribution is 2.40. The molecular formula is C27H24N2O5S. The Morgan fingerprint density at radius 3 is 2.49 bits per heavy atom. The topological polar surface area (TPSA) is 92.8 Å². The van der Waals surface area contributed by atoms with Gasteiger partial charge in [-0.2, -0.15) is 0 Å². The van der Waals surface area contributed by atoms with Crippen LogP contribution in [0.3, 0.4) is 0 Å². The van der Waals surface area contributed by atoms with Gasteiger partial charge in [-0.25, -0.2) is 9.69 Å². The molecule has 0 radical (unpaired) electrons. The number of thiophene rings is 1. The minimum absolute atomic E-state index is 0.246. The molecule has 0 saturated heterocycles. The van der Waals surface area contributed by atoms with E-state index < -0.39 is 23.7 Å². The summed E-state index contributed by atoms with van der Waals surface area (Å²) in [5.74, 6) is -1.20. The third-order valence-corrected chi connectivity index (χ3v) is 7.55. The molecule has 0 spiro atoms. The molecule has 3 aromatic rings. The van der Waals surface area contributed by atoms with Crippen molar-refractivity contribution >= 4 is 45.7 Å². The summed E-state index contributed by atoms with van der Waals surface area (Å²) >= 11 is 1.41. The normalized spacial score (nSPS) is 16.6. The second-order valence-corrected chi connectivity index (χ2v) is 9.88. The summed E-state index contributed by atoms with van der Waals surface area (Å²) in [4.78, 5) is 53.9. The summed E-state index contributed by atoms with van der Waals surface area (Å²) in [6.45, 7) is 4.17. The lowest BCUT2D eigenvalue weighted by molar-refractivity contribution is 0.0526. The Morgan fingerprint density at radius 2 is 1.80 bits per heavy atom. The lowest BCUT2D eigenvalue weighted by atomic mass is 9.88. The van der Waals surface area contributed by atoms with Crippen molar-refractivity contribution in [3.63, 3.8) is 0 Å². The minimum Gasteiger partial charge on any atom is -0.462 e. The van der Waals surface area contributed by atoms with Crippen molar-refractivity contribution in [3.05, 3.63) is 81.2 Å². The van der Waals surface area contributed by atoms with Gasteiger partial charge in [0.2, 0.25) is 0 Å². The molecule has 1 unspecified atom stereocenters. The second kappa shape index (κ2) is 9.11. The summed E-state index contributed by atoms with van der Waals surface area (Å²) in [6, 6.07) is 13.0. The fraction of sp³-hybridized carbons (Fsp3) is 0.259. The van der Waals surface area contributed by atoms with Crippen LogP contribution in [0.15, 0.2) is 48.5 Å². The largest absolute Gasteiger partial charge is 0.462 e. The number of rotatable bonds is 5. The lowest BCUT2D eigenvalue weighted by Crippen LogP contribution is -2.29. The van der Waals surface area contributed by atoms with Crippen LogP contribution < -0.4 is 10.2 Å². The smallest absolute Gasteiger partial charge is 0.341 e. The van der Waals surface area contributed by atoms with E-state index in [-0.39, 0.29) is 12.2 Å². The van der Waals surface area contributed by atoms with Crippen molar-refractivity contribution in [1.82, 2.24) is 0 Å². The molecule has 1 aliphatic heterocycles. The van der Waals surface area contributed by atoms with E-state index in [2.05, 4.69) is 12.2 Å². The molecule has 0 bridgehead atoms. The Hall–Kier alpha value is -3.78. The van der Waals surface area contributed by atoms with Crippen molar-refractivity contribution < 1.29 is 23.9 Å². The minimum atomic E-state index is -0.436. The van der Waals surface area contributed by atoms with Crippen LogP contribution in [-0.4, -0.2) is 30.3 Å². The zero-order valence-electron chi connectivity index (χ0n) is 19.4. The number of imide groups is 1. The highest BCUT2D eigenvalue weighted by Gasteiger charge is 2.36. The van der Waals surface area contributed by atoms with Gasteiger partial charge in [0, 0.05) is 10.4 Å². The zero-order chi connectivity index (χ0) is 24.7. The van der Waals surface area contributed by atoms with E-state index in [0.717, 1.165) is 34.6 Å². The van der Waals surface area contributed by atoms with Crippen molar-refractivity contribution in [2.45, 2.75) is 33.1 Å². The van der Waals surface area contributed by atoms with Crippen LogP contribution in [0.25, 0.3) is 0 Å². The van der Waals surface area contributed by atoms with Crippen LogP contribution in [0.2, 0.25) is 0 Å². The van der Waals surface area contributed by atoms with Crippen LogP contribution in [0, 0.1) is 5.92 Å². The molecule has 0 fully saturated rings. The molecule has 3 amide bonds. The SMILES string of the molecule is CCOC(=O)c1c(NC(=O)c2cccc(N3C(=O)c4ccccc4C3=O)c2)sc2c1CCC(C)C2. The number of ether oxygens (including phenoxy) is 1. The number of carbonyl (C=O) groups excluding carboxylic acids is 4. The van der Waals surface area contributed by atoms with E-state index in [4.69, 9.17) is 4.74 Å². The fourth-order valence-electron chi connectivity index (χ4n) is 4.64. The van der Waals surface area contributed by atoms with Gasteiger partial charge in [-0.15, -0.1) is 11.3 Å². The van der Waals surface area contributed by atoms with Gasteiger partial charge in [0.25, 0.3) is 17.7 Å². The first-order chi connectivity index (χ1) is 16.9. The molecule has 1 N–H and O–H groups in total. The maximum absolute atomic E-state index is 13.2. The molecule has 5 rings (SSSR count). The van der Waals surface area contributed by atoms with Crippen LogP contribution >= 0.6 is 11.3 Å². The average molecular weight is 489 g/mol. The van der Waals surface area contributed by atoms with Crippen molar-refractivity contribution in [1.29, 1.82) is 0 Å². The van der Waals surface area contributed by atoms with E-state index in [9.17, 15) is 19.2 Å². The van der Waals surface area contributed by atoms with Gasteiger partial charge in [0.05, 0.1) is 29.0 Å². The molecule has 1 aliphatic carbocycles. The molecule has 2 aliphatic rings. The lowest BCUT2D eigenvalue weighted by Gasteiger charge is -2.18.